The van der Waals surface area contributed by atoms with Gasteiger partial charge in [0, 0.05) is 5.88 Å². The Kier molecular flexibility index (Phi) is 1.33. The second kappa shape index (κ2) is 1.80. The van der Waals surface area contributed by atoms with Crippen molar-refractivity contribution in [2.45, 2.75) is 12.5 Å². The van der Waals surface area contributed by atoms with Gasteiger partial charge in [0.1, 0.15) is 0 Å². The van der Waals surface area contributed by atoms with Gasteiger partial charge in [-0.15, -0.1) is 11.6 Å². The molecule has 0 aromatic carbocycles. The maximum atomic E-state index is 5.36. The van der Waals surface area contributed by atoms with Gasteiger partial charge in [-0.25, -0.2) is 0 Å². The lowest BCUT2D eigenvalue weighted by Gasteiger charge is -1.78. The summed E-state index contributed by atoms with van der Waals surface area (Å²) in [7, 11) is 0. The molecule has 0 saturated carbocycles. The van der Waals surface area contributed by atoms with E-state index in [1.807, 2.05) is 0 Å². The molecule has 1 saturated heterocycles. The number of alkyl halides is 1. The second-order valence-electron chi connectivity index (χ2n) is 1.43. The van der Waals surface area contributed by atoms with Crippen LogP contribution in [0.2, 0.25) is 0 Å². The highest BCUT2D eigenvalue weighted by atomic mass is 35.5. The van der Waals surface area contributed by atoms with Crippen LogP contribution in [-0.4, -0.2) is 18.6 Å². The molecular formula is C4H7ClO. The van der Waals surface area contributed by atoms with Crippen LogP contribution in [-0.2, 0) is 4.74 Å². The van der Waals surface area contributed by atoms with Crippen LogP contribution in [0.25, 0.3) is 0 Å². The predicted octanol–water partition coefficient (Wildman–Crippen LogP) is 1.01. The molecule has 0 aromatic heterocycles. The smallest absolute Gasteiger partial charge is 0.0821 e. The molecule has 0 bridgehead atoms. The first-order valence-corrected chi connectivity index (χ1v) is 2.64. The molecule has 0 aromatic rings. The van der Waals surface area contributed by atoms with Gasteiger partial charge in [-0.2, -0.15) is 0 Å². The molecule has 1 rings (SSSR count). The fourth-order valence-electron chi connectivity index (χ4n) is 0.356. The Hall–Kier alpha value is 0.250. The van der Waals surface area contributed by atoms with Crippen LogP contribution in [0.15, 0.2) is 0 Å². The summed E-state index contributed by atoms with van der Waals surface area (Å²) in [5.74, 6) is 0.741. The van der Waals surface area contributed by atoms with Crippen molar-refractivity contribution >= 4 is 11.6 Å². The largest absolute Gasteiger partial charge is 0.373 e. The zero-order chi connectivity index (χ0) is 4.41. The van der Waals surface area contributed by atoms with Crippen LogP contribution in [0.1, 0.15) is 6.42 Å². The lowest BCUT2D eigenvalue weighted by molar-refractivity contribution is 0.404. The van der Waals surface area contributed by atoms with Crippen molar-refractivity contribution in [1.82, 2.24) is 0 Å². The maximum absolute atomic E-state index is 5.36. The molecule has 0 N–H and O–H groups in total. The van der Waals surface area contributed by atoms with Crippen molar-refractivity contribution in [3.63, 3.8) is 0 Å². The van der Waals surface area contributed by atoms with Gasteiger partial charge in [0.15, 0.2) is 0 Å². The zero-order valence-electron chi connectivity index (χ0n) is 3.48. The predicted molar refractivity (Wildman–Crippen MR) is 25.1 cm³/mol. The van der Waals surface area contributed by atoms with E-state index in [9.17, 15) is 0 Å². The Labute approximate surface area is 42.2 Å². The van der Waals surface area contributed by atoms with E-state index in [-0.39, 0.29) is 0 Å². The Morgan fingerprint density at radius 3 is 2.67 bits per heavy atom. The van der Waals surface area contributed by atoms with Crippen LogP contribution in [0.5, 0.6) is 0 Å². The second-order valence-corrected chi connectivity index (χ2v) is 1.81. The molecule has 1 heterocycles. The third kappa shape index (κ3) is 1.15. The molecular weight excluding hydrogens is 99.5 g/mol. The third-order valence-electron chi connectivity index (χ3n) is 0.833. The van der Waals surface area contributed by atoms with Crippen molar-refractivity contribution in [3.05, 3.63) is 0 Å². The summed E-state index contributed by atoms with van der Waals surface area (Å²) in [5, 5.41) is 0. The lowest BCUT2D eigenvalue weighted by Crippen LogP contribution is -1.82. The van der Waals surface area contributed by atoms with E-state index in [4.69, 9.17) is 16.3 Å². The Morgan fingerprint density at radius 2 is 2.50 bits per heavy atom. The van der Waals surface area contributed by atoms with E-state index in [0.29, 0.717) is 6.10 Å². The van der Waals surface area contributed by atoms with Crippen LogP contribution in [0, 0.1) is 0 Å². The van der Waals surface area contributed by atoms with E-state index < -0.39 is 0 Å². The van der Waals surface area contributed by atoms with Gasteiger partial charge >= 0.3 is 0 Å². The van der Waals surface area contributed by atoms with Gasteiger partial charge < -0.3 is 4.74 Å². The number of ether oxygens (including phenoxy) is 1. The first-order valence-electron chi connectivity index (χ1n) is 2.11. The van der Waals surface area contributed by atoms with Gasteiger partial charge in [0.2, 0.25) is 0 Å². The minimum Gasteiger partial charge on any atom is -0.373 e. The minimum atomic E-state index is 0.516. The summed E-state index contributed by atoms with van der Waals surface area (Å²) in [6.45, 7) is 0.937. The fourth-order valence-corrected chi connectivity index (χ4v) is 0.600. The van der Waals surface area contributed by atoms with Crippen molar-refractivity contribution in [1.29, 1.82) is 0 Å². The maximum Gasteiger partial charge on any atom is 0.0821 e. The van der Waals surface area contributed by atoms with E-state index in [1.165, 1.54) is 0 Å². The molecule has 2 heteroatoms. The van der Waals surface area contributed by atoms with E-state index >= 15 is 0 Å². The van der Waals surface area contributed by atoms with E-state index in [0.717, 1.165) is 18.9 Å². The summed E-state index contributed by atoms with van der Waals surface area (Å²) in [6.07, 6.45) is 1.55. The third-order valence-corrected chi connectivity index (χ3v) is 1.05. The van der Waals surface area contributed by atoms with Crippen LogP contribution in [0.4, 0.5) is 0 Å². The first kappa shape index (κ1) is 4.41. The summed E-state index contributed by atoms with van der Waals surface area (Å²) in [4.78, 5) is 0. The summed E-state index contributed by atoms with van der Waals surface area (Å²) in [5.41, 5.74) is 0. The highest BCUT2D eigenvalue weighted by Gasteiger charge is 2.20. The van der Waals surface area contributed by atoms with Crippen molar-refractivity contribution in [2.24, 2.45) is 0 Å². The Balaban J connectivity index is 1.88. The topological polar surface area (TPSA) is 12.5 Å². The van der Waals surface area contributed by atoms with Crippen molar-refractivity contribution in [3.8, 4) is 0 Å². The zero-order valence-corrected chi connectivity index (χ0v) is 4.24. The Bertz CT molecular complexity index is 42.8. The molecule has 1 fully saturated rings. The number of epoxide rings is 1. The van der Waals surface area contributed by atoms with Gasteiger partial charge in [-0.3, -0.25) is 0 Å². The number of rotatable bonds is 2. The number of hydrogen-bond acceptors (Lipinski definition) is 1. The summed E-state index contributed by atoms with van der Waals surface area (Å²) in [6, 6.07) is 0. The average molecular weight is 107 g/mol. The molecule has 6 heavy (non-hydrogen) atoms. The molecule has 1 aliphatic rings. The SMILES string of the molecule is ClCCC1CO1. The fraction of sp³-hybridized carbons (Fsp3) is 1.00. The van der Waals surface area contributed by atoms with Crippen LogP contribution in [0.3, 0.4) is 0 Å². The molecule has 1 unspecified atom stereocenters. The molecule has 1 aliphatic heterocycles. The quantitative estimate of drug-likeness (QED) is 0.378. The van der Waals surface area contributed by atoms with Gasteiger partial charge in [-0.1, -0.05) is 0 Å². The molecule has 0 amide bonds. The molecule has 0 radical (unpaired) electrons. The van der Waals surface area contributed by atoms with Crippen LogP contribution < -0.4 is 0 Å². The Morgan fingerprint density at radius 1 is 1.83 bits per heavy atom. The number of halogens is 1. The minimum absolute atomic E-state index is 0.516. The highest BCUT2D eigenvalue weighted by molar-refractivity contribution is 6.17. The molecule has 1 atom stereocenters. The number of hydrogen-bond donors (Lipinski definition) is 0. The van der Waals surface area contributed by atoms with Crippen LogP contribution >= 0.6 is 11.6 Å². The summed E-state index contributed by atoms with van der Waals surface area (Å²) >= 11 is 5.36. The summed E-state index contributed by atoms with van der Waals surface area (Å²) < 4.78 is 4.86. The first-order chi connectivity index (χ1) is 2.93. The normalized spacial score (nSPS) is 30.5. The van der Waals surface area contributed by atoms with E-state index in [1.54, 1.807) is 0 Å². The van der Waals surface area contributed by atoms with Gasteiger partial charge in [0.05, 0.1) is 12.7 Å². The lowest BCUT2D eigenvalue weighted by atomic mass is 10.4. The monoisotopic (exact) mass is 106 g/mol. The van der Waals surface area contributed by atoms with Crippen molar-refractivity contribution in [2.75, 3.05) is 12.5 Å². The van der Waals surface area contributed by atoms with Gasteiger partial charge in [-0.05, 0) is 6.42 Å². The molecule has 0 aliphatic carbocycles. The molecule has 36 valence electrons. The standard InChI is InChI=1S/C4H7ClO/c5-2-1-4-3-6-4/h4H,1-3H2. The van der Waals surface area contributed by atoms with Crippen molar-refractivity contribution < 1.29 is 4.74 Å². The van der Waals surface area contributed by atoms with Gasteiger partial charge in [0.25, 0.3) is 0 Å². The molecule has 0 spiro atoms. The average Bonchev–Trinajstić information content (AvgIpc) is 2.21. The van der Waals surface area contributed by atoms with E-state index in [2.05, 4.69) is 0 Å². The molecule has 1 nitrogen and oxygen atoms in total. The highest BCUT2D eigenvalue weighted by Crippen LogP contribution is 2.12.